The van der Waals surface area contributed by atoms with Gasteiger partial charge in [-0.2, -0.15) is 0 Å². The van der Waals surface area contributed by atoms with E-state index in [9.17, 15) is 4.39 Å². The van der Waals surface area contributed by atoms with Crippen molar-refractivity contribution in [1.82, 2.24) is 9.88 Å². The lowest BCUT2D eigenvalue weighted by molar-refractivity contribution is 0.0717. The number of nitrogens with two attached hydrogens (primary N) is 1. The van der Waals surface area contributed by atoms with Crippen molar-refractivity contribution in [3.63, 3.8) is 0 Å². The Morgan fingerprint density at radius 1 is 1.55 bits per heavy atom. The van der Waals surface area contributed by atoms with Gasteiger partial charge in [-0.1, -0.05) is 0 Å². The van der Waals surface area contributed by atoms with Gasteiger partial charge in [0.2, 0.25) is 0 Å². The van der Waals surface area contributed by atoms with E-state index in [1.165, 1.54) is 6.07 Å². The Labute approximate surface area is 125 Å². The van der Waals surface area contributed by atoms with E-state index in [-0.39, 0.29) is 29.9 Å². The standard InChI is InChI=1S/C14H22FN3O.ClH/c1-14(2,16)10-18-8-4-5-11(9-18)19-13-12(15)6-3-7-17-13;/h3,6-7,11H,4-5,8-10,16H2,1-2H3;1H. The van der Waals surface area contributed by atoms with Crippen LogP contribution in [-0.2, 0) is 0 Å². The highest BCUT2D eigenvalue weighted by Gasteiger charge is 2.25. The molecule has 1 aromatic heterocycles. The molecule has 2 heterocycles. The van der Waals surface area contributed by atoms with Gasteiger partial charge in [-0.25, -0.2) is 9.37 Å². The highest BCUT2D eigenvalue weighted by Crippen LogP contribution is 2.19. The third kappa shape index (κ3) is 5.23. The van der Waals surface area contributed by atoms with E-state index in [0.717, 1.165) is 32.5 Å². The molecule has 6 heteroatoms. The van der Waals surface area contributed by atoms with Crippen LogP contribution in [0.1, 0.15) is 26.7 Å². The quantitative estimate of drug-likeness (QED) is 0.927. The Hall–Kier alpha value is -0.910. The molecule has 0 radical (unpaired) electrons. The zero-order valence-electron chi connectivity index (χ0n) is 12.0. The molecule has 0 bridgehead atoms. The highest BCUT2D eigenvalue weighted by molar-refractivity contribution is 5.85. The summed E-state index contributed by atoms with van der Waals surface area (Å²) in [5.41, 5.74) is 5.81. The SMILES string of the molecule is CC(C)(N)CN1CCCC(Oc2ncccc2F)C1.Cl. The summed E-state index contributed by atoms with van der Waals surface area (Å²) in [5.74, 6) is -0.305. The summed E-state index contributed by atoms with van der Waals surface area (Å²) in [6.07, 6.45) is 3.50. The lowest BCUT2D eigenvalue weighted by atomic mass is 10.0. The van der Waals surface area contributed by atoms with Gasteiger partial charge >= 0.3 is 0 Å². The summed E-state index contributed by atoms with van der Waals surface area (Å²) in [4.78, 5) is 6.20. The molecule has 1 saturated heterocycles. The van der Waals surface area contributed by atoms with Crippen LogP contribution in [0.5, 0.6) is 5.88 Å². The van der Waals surface area contributed by atoms with Gasteiger partial charge in [0.15, 0.2) is 5.82 Å². The van der Waals surface area contributed by atoms with Crippen molar-refractivity contribution in [1.29, 1.82) is 0 Å². The Bertz CT molecular complexity index is 425. The first kappa shape index (κ1) is 17.1. The van der Waals surface area contributed by atoms with E-state index in [4.69, 9.17) is 10.5 Å². The topological polar surface area (TPSA) is 51.4 Å². The van der Waals surface area contributed by atoms with E-state index in [1.54, 1.807) is 12.3 Å². The molecule has 114 valence electrons. The Morgan fingerprint density at radius 2 is 2.30 bits per heavy atom. The van der Waals surface area contributed by atoms with E-state index >= 15 is 0 Å². The Kier molecular flexibility index (Phi) is 6.17. The molecule has 1 aliphatic rings. The second kappa shape index (κ2) is 7.20. The molecule has 1 aliphatic heterocycles. The fourth-order valence-corrected chi connectivity index (χ4v) is 2.45. The van der Waals surface area contributed by atoms with Crippen LogP contribution in [0.3, 0.4) is 0 Å². The number of hydrogen-bond donors (Lipinski definition) is 1. The zero-order chi connectivity index (χ0) is 13.9. The van der Waals surface area contributed by atoms with Gasteiger partial charge in [0.1, 0.15) is 6.10 Å². The number of ether oxygens (including phenoxy) is 1. The largest absolute Gasteiger partial charge is 0.471 e. The second-order valence-electron chi connectivity index (χ2n) is 5.90. The molecule has 0 aliphatic carbocycles. The molecule has 0 aromatic carbocycles. The van der Waals surface area contributed by atoms with Crippen molar-refractivity contribution in [3.05, 3.63) is 24.1 Å². The van der Waals surface area contributed by atoms with Crippen molar-refractivity contribution in [2.24, 2.45) is 5.73 Å². The maximum Gasteiger partial charge on any atom is 0.250 e. The second-order valence-corrected chi connectivity index (χ2v) is 5.90. The van der Waals surface area contributed by atoms with Crippen molar-refractivity contribution in [2.45, 2.75) is 38.3 Å². The lowest BCUT2D eigenvalue weighted by Gasteiger charge is -2.36. The first-order valence-corrected chi connectivity index (χ1v) is 6.72. The third-order valence-corrected chi connectivity index (χ3v) is 3.10. The first-order valence-electron chi connectivity index (χ1n) is 6.72. The molecule has 1 fully saturated rings. The molecular formula is C14H23ClFN3O. The highest BCUT2D eigenvalue weighted by atomic mass is 35.5. The summed E-state index contributed by atoms with van der Waals surface area (Å²) in [6, 6.07) is 2.93. The maximum absolute atomic E-state index is 13.5. The number of nitrogens with zero attached hydrogens (tertiary/aromatic N) is 2. The summed E-state index contributed by atoms with van der Waals surface area (Å²) >= 11 is 0. The Morgan fingerprint density at radius 3 is 2.95 bits per heavy atom. The minimum Gasteiger partial charge on any atom is -0.471 e. The van der Waals surface area contributed by atoms with Crippen LogP contribution in [0.2, 0.25) is 0 Å². The van der Waals surface area contributed by atoms with Crippen LogP contribution in [0, 0.1) is 5.82 Å². The molecule has 0 saturated carbocycles. The maximum atomic E-state index is 13.5. The number of aromatic nitrogens is 1. The predicted molar refractivity (Wildman–Crippen MR) is 79.8 cm³/mol. The van der Waals surface area contributed by atoms with Gasteiger partial charge < -0.3 is 10.5 Å². The van der Waals surface area contributed by atoms with Crippen molar-refractivity contribution in [2.75, 3.05) is 19.6 Å². The van der Waals surface area contributed by atoms with Crippen LogP contribution in [-0.4, -0.2) is 41.2 Å². The van der Waals surface area contributed by atoms with E-state index in [1.807, 2.05) is 13.8 Å². The van der Waals surface area contributed by atoms with Crippen LogP contribution in [0.4, 0.5) is 4.39 Å². The van der Waals surface area contributed by atoms with Gasteiger partial charge in [-0.15, -0.1) is 12.4 Å². The fourth-order valence-electron chi connectivity index (χ4n) is 2.45. The van der Waals surface area contributed by atoms with Gasteiger partial charge in [0, 0.05) is 24.8 Å². The molecule has 1 aromatic rings. The zero-order valence-corrected chi connectivity index (χ0v) is 12.8. The van der Waals surface area contributed by atoms with E-state index < -0.39 is 5.82 Å². The predicted octanol–water partition coefficient (Wildman–Crippen LogP) is 2.22. The molecule has 4 nitrogen and oxygen atoms in total. The monoisotopic (exact) mass is 303 g/mol. The number of halogens is 2. The molecule has 20 heavy (non-hydrogen) atoms. The minimum atomic E-state index is -0.404. The van der Waals surface area contributed by atoms with Crippen LogP contribution < -0.4 is 10.5 Å². The average Bonchev–Trinajstić information content (AvgIpc) is 2.30. The minimum absolute atomic E-state index is 0. The number of hydrogen-bond acceptors (Lipinski definition) is 4. The summed E-state index contributed by atoms with van der Waals surface area (Å²) in [5, 5.41) is 0. The van der Waals surface area contributed by atoms with Crippen LogP contribution >= 0.6 is 12.4 Å². The van der Waals surface area contributed by atoms with Gasteiger partial charge in [-0.05, 0) is 45.4 Å². The lowest BCUT2D eigenvalue weighted by Crippen LogP contribution is -2.50. The van der Waals surface area contributed by atoms with Crippen LogP contribution in [0.25, 0.3) is 0 Å². The van der Waals surface area contributed by atoms with Crippen LogP contribution in [0.15, 0.2) is 18.3 Å². The number of piperidine rings is 1. The molecule has 0 amide bonds. The van der Waals surface area contributed by atoms with Gasteiger partial charge in [0.05, 0.1) is 0 Å². The van der Waals surface area contributed by atoms with Gasteiger partial charge in [0.25, 0.3) is 5.88 Å². The molecular weight excluding hydrogens is 281 g/mol. The molecule has 1 unspecified atom stereocenters. The smallest absolute Gasteiger partial charge is 0.250 e. The third-order valence-electron chi connectivity index (χ3n) is 3.10. The van der Waals surface area contributed by atoms with Gasteiger partial charge in [-0.3, -0.25) is 4.90 Å². The summed E-state index contributed by atoms with van der Waals surface area (Å²) in [6.45, 7) is 6.63. The first-order chi connectivity index (χ1) is 8.94. The summed E-state index contributed by atoms with van der Waals surface area (Å²) < 4.78 is 19.2. The number of rotatable bonds is 4. The van der Waals surface area contributed by atoms with Crippen molar-refractivity contribution in [3.8, 4) is 5.88 Å². The van der Waals surface area contributed by atoms with E-state index in [0.29, 0.717) is 0 Å². The summed E-state index contributed by atoms with van der Waals surface area (Å²) in [7, 11) is 0. The molecule has 0 spiro atoms. The Balaban J connectivity index is 0.00000200. The molecule has 2 N–H and O–H groups in total. The molecule has 2 rings (SSSR count). The average molecular weight is 304 g/mol. The van der Waals surface area contributed by atoms with Crippen molar-refractivity contribution >= 4 is 12.4 Å². The normalized spacial score (nSPS) is 20.3. The van der Waals surface area contributed by atoms with E-state index in [2.05, 4.69) is 9.88 Å². The number of pyridine rings is 1. The fraction of sp³-hybridized carbons (Fsp3) is 0.643. The number of likely N-dealkylation sites (tertiary alicyclic amines) is 1. The van der Waals surface area contributed by atoms with Crippen molar-refractivity contribution < 1.29 is 9.13 Å². The molecule has 1 atom stereocenters.